The number of hydrogen-bond acceptors (Lipinski definition) is 4. The molecule has 4 aromatic rings. The van der Waals surface area contributed by atoms with Crippen LogP contribution < -0.4 is 15.4 Å². The molecule has 182 valence electrons. The second kappa shape index (κ2) is 9.92. The third kappa shape index (κ3) is 6.16. The number of amides is 1. The van der Waals surface area contributed by atoms with Gasteiger partial charge in [-0.15, -0.1) is 0 Å². The van der Waals surface area contributed by atoms with Gasteiger partial charge in [-0.1, -0.05) is 39.1 Å². The predicted octanol–water partition coefficient (Wildman–Crippen LogP) is 7.71. The van der Waals surface area contributed by atoms with E-state index in [1.165, 1.54) is 12.1 Å². The van der Waals surface area contributed by atoms with E-state index in [2.05, 4.69) is 36.5 Å². The molecular formula is C22H13BrCl2F4N4O2. The summed E-state index contributed by atoms with van der Waals surface area (Å²) in [6.07, 6.45) is -4.62. The Balaban J connectivity index is 1.70. The van der Waals surface area contributed by atoms with E-state index < -0.39 is 24.5 Å². The van der Waals surface area contributed by atoms with E-state index in [1.807, 2.05) is 0 Å². The van der Waals surface area contributed by atoms with Crippen molar-refractivity contribution in [2.24, 2.45) is 0 Å². The van der Waals surface area contributed by atoms with Gasteiger partial charge in [0, 0.05) is 16.2 Å². The normalized spacial score (nSPS) is 11.5. The number of ether oxygens (including phenoxy) is 1. The number of anilines is 3. The van der Waals surface area contributed by atoms with Gasteiger partial charge in [-0.2, -0.15) is 13.2 Å². The SMILES string of the molecule is O=C(Nc1ccc(Br)cc1)c1cc2nc(Nc3c(Cl)cc(F)cc3Cl)[nH]c2cc1OCC(F)(F)F. The number of carbonyl (C=O) groups is 1. The summed E-state index contributed by atoms with van der Waals surface area (Å²) in [5, 5.41) is 5.38. The maximum absolute atomic E-state index is 13.5. The van der Waals surface area contributed by atoms with E-state index in [-0.39, 0.29) is 44.0 Å². The summed E-state index contributed by atoms with van der Waals surface area (Å²) in [6.45, 7) is -1.60. The highest BCUT2D eigenvalue weighted by atomic mass is 79.9. The minimum Gasteiger partial charge on any atom is -0.483 e. The summed E-state index contributed by atoms with van der Waals surface area (Å²) >= 11 is 15.4. The molecule has 1 amide bonds. The van der Waals surface area contributed by atoms with Crippen molar-refractivity contribution in [2.75, 3.05) is 17.2 Å². The molecule has 0 saturated carbocycles. The van der Waals surface area contributed by atoms with Crippen molar-refractivity contribution >= 4 is 73.4 Å². The minimum absolute atomic E-state index is 0.0146. The van der Waals surface area contributed by atoms with Crippen LogP contribution in [0.4, 0.5) is 34.9 Å². The van der Waals surface area contributed by atoms with Gasteiger partial charge < -0.3 is 20.4 Å². The summed E-state index contributed by atoms with van der Waals surface area (Å²) in [5.74, 6) is -1.54. The van der Waals surface area contributed by atoms with Crippen molar-refractivity contribution in [2.45, 2.75) is 6.18 Å². The number of nitrogens with one attached hydrogen (secondary N) is 3. The van der Waals surface area contributed by atoms with Crippen LogP contribution in [0.1, 0.15) is 10.4 Å². The molecule has 35 heavy (non-hydrogen) atoms. The van der Waals surface area contributed by atoms with Gasteiger partial charge in [0.15, 0.2) is 6.61 Å². The van der Waals surface area contributed by atoms with Gasteiger partial charge in [0.25, 0.3) is 5.91 Å². The monoisotopic (exact) mass is 590 g/mol. The highest BCUT2D eigenvalue weighted by Gasteiger charge is 2.29. The first-order chi connectivity index (χ1) is 16.5. The van der Waals surface area contributed by atoms with E-state index in [0.29, 0.717) is 5.69 Å². The van der Waals surface area contributed by atoms with Crippen LogP contribution in [0, 0.1) is 5.82 Å². The van der Waals surface area contributed by atoms with Gasteiger partial charge in [0.05, 0.1) is 32.3 Å². The molecule has 1 heterocycles. The van der Waals surface area contributed by atoms with Crippen LogP contribution in [-0.2, 0) is 0 Å². The summed E-state index contributed by atoms with van der Waals surface area (Å²) < 4.78 is 57.6. The maximum Gasteiger partial charge on any atom is 0.422 e. The number of benzene rings is 3. The minimum atomic E-state index is -4.62. The fraction of sp³-hybridized carbons (Fsp3) is 0.0909. The van der Waals surface area contributed by atoms with Gasteiger partial charge in [0.2, 0.25) is 5.95 Å². The molecule has 4 rings (SSSR count). The lowest BCUT2D eigenvalue weighted by Gasteiger charge is -2.13. The lowest BCUT2D eigenvalue weighted by Crippen LogP contribution is -2.21. The first-order valence-electron chi connectivity index (χ1n) is 9.70. The third-order valence-electron chi connectivity index (χ3n) is 4.57. The molecule has 13 heteroatoms. The summed E-state index contributed by atoms with van der Waals surface area (Å²) in [6, 6.07) is 11.2. The molecule has 1 aromatic heterocycles. The number of nitrogens with zero attached hydrogens (tertiary/aromatic N) is 1. The van der Waals surface area contributed by atoms with Crippen LogP contribution in [0.5, 0.6) is 5.75 Å². The molecule has 0 atom stereocenters. The van der Waals surface area contributed by atoms with Crippen molar-refractivity contribution in [1.29, 1.82) is 0 Å². The lowest BCUT2D eigenvalue weighted by molar-refractivity contribution is -0.153. The smallest absolute Gasteiger partial charge is 0.422 e. The molecule has 0 aliphatic rings. The largest absolute Gasteiger partial charge is 0.483 e. The van der Waals surface area contributed by atoms with E-state index in [9.17, 15) is 22.4 Å². The molecule has 0 saturated heterocycles. The van der Waals surface area contributed by atoms with E-state index in [4.69, 9.17) is 27.9 Å². The van der Waals surface area contributed by atoms with Crippen LogP contribution in [-0.4, -0.2) is 28.7 Å². The number of fused-ring (bicyclic) bond motifs is 1. The molecule has 0 bridgehead atoms. The number of aromatic amines is 1. The Hall–Kier alpha value is -3.02. The topological polar surface area (TPSA) is 79.0 Å². The van der Waals surface area contributed by atoms with Gasteiger partial charge in [0.1, 0.15) is 11.6 Å². The van der Waals surface area contributed by atoms with Crippen LogP contribution in [0.3, 0.4) is 0 Å². The first kappa shape index (κ1) is 25.1. The number of halogens is 7. The molecule has 0 unspecified atom stereocenters. The fourth-order valence-electron chi connectivity index (χ4n) is 3.06. The van der Waals surface area contributed by atoms with Crippen LogP contribution in [0.25, 0.3) is 11.0 Å². The number of imidazole rings is 1. The second-order valence-electron chi connectivity index (χ2n) is 7.19. The molecule has 0 radical (unpaired) electrons. The number of carbonyl (C=O) groups excluding carboxylic acids is 1. The van der Waals surface area contributed by atoms with Crippen molar-refractivity contribution in [3.63, 3.8) is 0 Å². The number of hydrogen-bond donors (Lipinski definition) is 3. The Morgan fingerprint density at radius 1 is 1.09 bits per heavy atom. The Bertz CT molecular complexity index is 1390. The molecule has 6 nitrogen and oxygen atoms in total. The van der Waals surface area contributed by atoms with Gasteiger partial charge in [-0.25, -0.2) is 9.37 Å². The molecule has 0 aliphatic carbocycles. The average Bonchev–Trinajstić information content (AvgIpc) is 3.16. The number of H-pyrrole nitrogens is 1. The zero-order chi connectivity index (χ0) is 25.3. The van der Waals surface area contributed by atoms with Crippen molar-refractivity contribution in [3.05, 3.63) is 74.4 Å². The fourth-order valence-corrected chi connectivity index (χ4v) is 3.88. The Morgan fingerprint density at radius 2 is 1.74 bits per heavy atom. The molecule has 0 fully saturated rings. The Morgan fingerprint density at radius 3 is 2.37 bits per heavy atom. The zero-order valence-corrected chi connectivity index (χ0v) is 20.3. The van der Waals surface area contributed by atoms with Crippen LogP contribution in [0.15, 0.2) is 53.0 Å². The highest BCUT2D eigenvalue weighted by molar-refractivity contribution is 9.10. The number of rotatable bonds is 6. The lowest BCUT2D eigenvalue weighted by atomic mass is 10.1. The predicted molar refractivity (Wildman–Crippen MR) is 129 cm³/mol. The van der Waals surface area contributed by atoms with Crippen molar-refractivity contribution < 1.29 is 27.1 Å². The molecular weight excluding hydrogens is 579 g/mol. The standard InChI is InChI=1S/C22H13BrCl2F4N4O2/c23-10-1-3-12(4-2-10)30-20(34)13-7-16-17(8-18(13)35-9-22(27,28)29)32-21(31-16)33-19-14(24)5-11(26)6-15(19)25/h1-8H,9H2,(H,30,34)(H2,31,32,33). The third-order valence-corrected chi connectivity index (χ3v) is 5.70. The summed E-state index contributed by atoms with van der Waals surface area (Å²) in [5.41, 5.74) is 0.919. The van der Waals surface area contributed by atoms with Crippen LogP contribution in [0.2, 0.25) is 10.0 Å². The average molecular weight is 592 g/mol. The highest BCUT2D eigenvalue weighted by Crippen LogP contribution is 2.34. The van der Waals surface area contributed by atoms with Gasteiger partial charge >= 0.3 is 6.18 Å². The zero-order valence-electron chi connectivity index (χ0n) is 17.2. The van der Waals surface area contributed by atoms with Gasteiger partial charge in [-0.3, -0.25) is 4.79 Å². The molecule has 3 aromatic carbocycles. The summed E-state index contributed by atoms with van der Waals surface area (Å²) in [4.78, 5) is 20.0. The molecule has 0 spiro atoms. The second-order valence-corrected chi connectivity index (χ2v) is 8.92. The van der Waals surface area contributed by atoms with E-state index in [0.717, 1.165) is 16.6 Å². The van der Waals surface area contributed by atoms with Gasteiger partial charge in [-0.05, 0) is 42.5 Å². The quantitative estimate of drug-likeness (QED) is 0.201. The first-order valence-corrected chi connectivity index (χ1v) is 11.3. The number of aromatic nitrogens is 2. The Kier molecular flexibility index (Phi) is 7.11. The van der Waals surface area contributed by atoms with Crippen molar-refractivity contribution in [1.82, 2.24) is 9.97 Å². The molecule has 0 aliphatic heterocycles. The maximum atomic E-state index is 13.5. The van der Waals surface area contributed by atoms with Crippen LogP contribution >= 0.6 is 39.1 Å². The van der Waals surface area contributed by atoms with E-state index in [1.54, 1.807) is 24.3 Å². The number of alkyl halides is 3. The van der Waals surface area contributed by atoms with Crippen molar-refractivity contribution in [3.8, 4) is 5.75 Å². The molecule has 3 N–H and O–H groups in total. The van der Waals surface area contributed by atoms with E-state index >= 15 is 0 Å². The summed E-state index contributed by atoms with van der Waals surface area (Å²) in [7, 11) is 0. The Labute approximate surface area is 213 Å².